The molecule has 0 aliphatic carbocycles. The lowest BCUT2D eigenvalue weighted by Gasteiger charge is -2.29. The van der Waals surface area contributed by atoms with Crippen molar-refractivity contribution >= 4 is 11.8 Å². The Hall–Kier alpha value is -1.14. The second kappa shape index (κ2) is 3.79. The number of nitrogens with zero attached hydrogens (tertiary/aromatic N) is 2. The highest BCUT2D eigenvalue weighted by Crippen LogP contribution is 2.20. The molecule has 0 saturated carbocycles. The van der Waals surface area contributed by atoms with Crippen LogP contribution in [-0.2, 0) is 9.59 Å². The Kier molecular flexibility index (Phi) is 2.62. The quantitative estimate of drug-likeness (QED) is 0.598. The SMILES string of the molecule is NC1CCC(=O)N1CN1C(=O)CCC1N. The number of carbonyl (C=O) groups excluding carboxylic acids is 2. The van der Waals surface area contributed by atoms with Crippen molar-refractivity contribution in [3.63, 3.8) is 0 Å². The van der Waals surface area contributed by atoms with Gasteiger partial charge in [-0.15, -0.1) is 0 Å². The normalized spacial score (nSPS) is 31.9. The number of carbonyl (C=O) groups is 2. The summed E-state index contributed by atoms with van der Waals surface area (Å²) in [4.78, 5) is 26.0. The van der Waals surface area contributed by atoms with Crippen LogP contribution in [0.3, 0.4) is 0 Å². The summed E-state index contributed by atoms with van der Waals surface area (Å²) in [6.45, 7) is 0.250. The number of rotatable bonds is 2. The van der Waals surface area contributed by atoms with Crippen molar-refractivity contribution in [2.45, 2.75) is 38.0 Å². The Labute approximate surface area is 88.2 Å². The molecule has 6 nitrogen and oxygen atoms in total. The van der Waals surface area contributed by atoms with Crippen LogP contribution in [0.1, 0.15) is 25.7 Å². The molecule has 84 valence electrons. The van der Waals surface area contributed by atoms with E-state index >= 15 is 0 Å². The molecule has 0 aromatic rings. The molecule has 6 heteroatoms. The Balaban J connectivity index is 2.01. The first-order valence-corrected chi connectivity index (χ1v) is 5.19. The van der Waals surface area contributed by atoms with Crippen LogP contribution < -0.4 is 11.5 Å². The summed E-state index contributed by atoms with van der Waals surface area (Å²) in [5.74, 6) is 0.0174. The van der Waals surface area contributed by atoms with E-state index in [-0.39, 0.29) is 30.8 Å². The third kappa shape index (κ3) is 1.82. The van der Waals surface area contributed by atoms with Gasteiger partial charge in [0.15, 0.2) is 0 Å². The van der Waals surface area contributed by atoms with E-state index in [2.05, 4.69) is 0 Å². The molecule has 2 amide bonds. The van der Waals surface area contributed by atoms with E-state index in [1.54, 1.807) is 0 Å². The topological polar surface area (TPSA) is 92.7 Å². The van der Waals surface area contributed by atoms with Crippen LogP contribution in [-0.4, -0.2) is 40.6 Å². The molecule has 4 N–H and O–H groups in total. The van der Waals surface area contributed by atoms with Gasteiger partial charge in [0.25, 0.3) is 0 Å². The van der Waals surface area contributed by atoms with Gasteiger partial charge in [0.1, 0.15) is 0 Å². The van der Waals surface area contributed by atoms with Crippen LogP contribution in [0.25, 0.3) is 0 Å². The molecule has 2 saturated heterocycles. The predicted octanol–water partition coefficient (Wildman–Crippen LogP) is -1.24. The van der Waals surface area contributed by atoms with Gasteiger partial charge in [-0.05, 0) is 12.8 Å². The Morgan fingerprint density at radius 3 is 1.67 bits per heavy atom. The lowest BCUT2D eigenvalue weighted by atomic mass is 10.3. The number of nitrogens with two attached hydrogens (primary N) is 2. The third-order valence-electron chi connectivity index (χ3n) is 3.05. The number of hydrogen-bond donors (Lipinski definition) is 2. The van der Waals surface area contributed by atoms with Crippen molar-refractivity contribution in [1.82, 2.24) is 9.80 Å². The largest absolute Gasteiger partial charge is 0.311 e. The molecule has 0 radical (unpaired) electrons. The molecular weight excluding hydrogens is 196 g/mol. The first-order valence-electron chi connectivity index (χ1n) is 5.19. The van der Waals surface area contributed by atoms with E-state index in [9.17, 15) is 9.59 Å². The lowest BCUT2D eigenvalue weighted by Crippen LogP contribution is -2.50. The van der Waals surface area contributed by atoms with Crippen LogP contribution in [0.2, 0.25) is 0 Å². The molecule has 15 heavy (non-hydrogen) atoms. The van der Waals surface area contributed by atoms with E-state index < -0.39 is 0 Å². The molecule has 0 aromatic carbocycles. The number of hydrogen-bond acceptors (Lipinski definition) is 4. The van der Waals surface area contributed by atoms with Gasteiger partial charge in [-0.1, -0.05) is 0 Å². The lowest BCUT2D eigenvalue weighted by molar-refractivity contribution is -0.137. The monoisotopic (exact) mass is 212 g/mol. The molecule has 0 bridgehead atoms. The Morgan fingerprint density at radius 2 is 1.40 bits per heavy atom. The third-order valence-corrected chi connectivity index (χ3v) is 3.05. The minimum absolute atomic E-state index is 0.00870. The van der Waals surface area contributed by atoms with Crippen LogP contribution in [0.4, 0.5) is 0 Å². The molecule has 2 heterocycles. The van der Waals surface area contributed by atoms with Gasteiger partial charge in [0, 0.05) is 12.8 Å². The fraction of sp³-hybridized carbons (Fsp3) is 0.778. The van der Waals surface area contributed by atoms with Crippen molar-refractivity contribution in [2.75, 3.05) is 6.67 Å². The highest BCUT2D eigenvalue weighted by Gasteiger charge is 2.34. The number of likely N-dealkylation sites (tertiary alicyclic amines) is 2. The molecule has 2 atom stereocenters. The van der Waals surface area contributed by atoms with Crippen LogP contribution in [0, 0.1) is 0 Å². The van der Waals surface area contributed by atoms with E-state index in [1.165, 1.54) is 9.80 Å². The van der Waals surface area contributed by atoms with Gasteiger partial charge in [-0.2, -0.15) is 0 Å². The van der Waals surface area contributed by atoms with Gasteiger partial charge in [-0.25, -0.2) is 0 Å². The molecule has 2 unspecified atom stereocenters. The highest BCUT2D eigenvalue weighted by molar-refractivity contribution is 5.81. The van der Waals surface area contributed by atoms with Crippen LogP contribution >= 0.6 is 0 Å². The summed E-state index contributed by atoms with van der Waals surface area (Å²) in [6, 6.07) is 0. The second-order valence-electron chi connectivity index (χ2n) is 4.08. The predicted molar refractivity (Wildman–Crippen MR) is 53.0 cm³/mol. The summed E-state index contributed by atoms with van der Waals surface area (Å²) in [5.41, 5.74) is 11.5. The Bertz CT molecular complexity index is 266. The van der Waals surface area contributed by atoms with Crippen molar-refractivity contribution in [3.8, 4) is 0 Å². The average Bonchev–Trinajstić information content (AvgIpc) is 2.67. The zero-order valence-electron chi connectivity index (χ0n) is 8.56. The fourth-order valence-electron chi connectivity index (χ4n) is 2.04. The highest BCUT2D eigenvalue weighted by atomic mass is 16.2. The molecule has 2 aliphatic heterocycles. The van der Waals surface area contributed by atoms with Crippen LogP contribution in [0.15, 0.2) is 0 Å². The van der Waals surface area contributed by atoms with Gasteiger partial charge in [0.2, 0.25) is 11.8 Å². The van der Waals surface area contributed by atoms with Crippen LogP contribution in [0.5, 0.6) is 0 Å². The molecule has 2 rings (SSSR count). The van der Waals surface area contributed by atoms with Crippen molar-refractivity contribution in [2.24, 2.45) is 11.5 Å². The summed E-state index contributed by atoms with van der Waals surface area (Å²) < 4.78 is 0. The molecule has 2 aliphatic rings. The first-order chi connectivity index (χ1) is 7.09. The number of amides is 2. The summed E-state index contributed by atoms with van der Waals surface area (Å²) in [6.07, 6.45) is 1.74. The van der Waals surface area contributed by atoms with E-state index in [4.69, 9.17) is 11.5 Å². The maximum atomic E-state index is 11.5. The maximum Gasteiger partial charge on any atom is 0.225 e. The summed E-state index contributed by atoms with van der Waals surface area (Å²) in [7, 11) is 0. The zero-order valence-corrected chi connectivity index (χ0v) is 8.56. The molecule has 0 spiro atoms. The molecular formula is C9H16N4O2. The molecule has 0 aromatic heterocycles. The smallest absolute Gasteiger partial charge is 0.225 e. The van der Waals surface area contributed by atoms with Gasteiger partial charge >= 0.3 is 0 Å². The molecule has 2 fully saturated rings. The van der Waals surface area contributed by atoms with Crippen molar-refractivity contribution < 1.29 is 9.59 Å². The van der Waals surface area contributed by atoms with E-state index in [1.807, 2.05) is 0 Å². The minimum atomic E-state index is -0.266. The van der Waals surface area contributed by atoms with Gasteiger partial charge < -0.3 is 21.3 Å². The standard InChI is InChI=1S/C9H16N4O2/c10-6-1-3-8(14)12(6)5-13-7(11)2-4-9(13)15/h6-7H,1-5,10-11H2. The first kappa shape index (κ1) is 10.4. The maximum absolute atomic E-state index is 11.5. The van der Waals surface area contributed by atoms with E-state index in [0.29, 0.717) is 25.7 Å². The van der Waals surface area contributed by atoms with Crippen molar-refractivity contribution in [1.29, 1.82) is 0 Å². The second-order valence-corrected chi connectivity index (χ2v) is 4.08. The summed E-state index contributed by atoms with van der Waals surface area (Å²) in [5, 5.41) is 0. The van der Waals surface area contributed by atoms with E-state index in [0.717, 1.165) is 0 Å². The minimum Gasteiger partial charge on any atom is -0.311 e. The average molecular weight is 212 g/mol. The van der Waals surface area contributed by atoms with Crippen molar-refractivity contribution in [3.05, 3.63) is 0 Å². The Morgan fingerprint density at radius 1 is 1.00 bits per heavy atom. The fourth-order valence-corrected chi connectivity index (χ4v) is 2.04. The van der Waals surface area contributed by atoms with Gasteiger partial charge in [0.05, 0.1) is 19.0 Å². The zero-order chi connectivity index (χ0) is 11.0. The summed E-state index contributed by atoms with van der Waals surface area (Å²) >= 11 is 0. The van der Waals surface area contributed by atoms with Gasteiger partial charge in [-0.3, -0.25) is 9.59 Å².